The molecule has 0 radical (unpaired) electrons. The lowest BCUT2D eigenvalue weighted by molar-refractivity contribution is 0.571. The third kappa shape index (κ3) is 3.71. The summed E-state index contributed by atoms with van der Waals surface area (Å²) >= 11 is 0. The Balaban J connectivity index is 2.08. The summed E-state index contributed by atoms with van der Waals surface area (Å²) in [5.74, 6) is -2.58. The van der Waals surface area contributed by atoms with Crippen molar-refractivity contribution >= 4 is 20.8 Å². The van der Waals surface area contributed by atoms with Gasteiger partial charge in [-0.2, -0.15) is 9.78 Å². The van der Waals surface area contributed by atoms with E-state index >= 15 is 0 Å². The van der Waals surface area contributed by atoms with Gasteiger partial charge in [-0.3, -0.25) is 4.79 Å². The molecule has 0 fully saturated rings. The van der Waals surface area contributed by atoms with Gasteiger partial charge >= 0.3 is 0 Å². The number of hydrogen-bond acceptors (Lipinski definition) is 4. The second-order valence-corrected chi connectivity index (χ2v) is 8.47. The van der Waals surface area contributed by atoms with Crippen molar-refractivity contribution in [2.45, 2.75) is 4.90 Å². The second kappa shape index (κ2) is 7.64. The minimum Gasteiger partial charge on any atom is -0.267 e. The van der Waals surface area contributed by atoms with E-state index in [1.54, 1.807) is 6.07 Å². The van der Waals surface area contributed by atoms with Crippen LogP contribution in [0.4, 0.5) is 13.2 Å². The van der Waals surface area contributed by atoms with Crippen LogP contribution < -0.4 is 10.3 Å². The van der Waals surface area contributed by atoms with Crippen LogP contribution in [0.5, 0.6) is 0 Å². The Morgan fingerprint density at radius 1 is 0.903 bits per heavy atom. The summed E-state index contributed by atoms with van der Waals surface area (Å²) in [4.78, 5) is 12.9. The molecule has 158 valence electrons. The predicted octanol–water partition coefficient (Wildman–Crippen LogP) is 3.38. The number of nitrogens with zero attached hydrogens (tertiary/aromatic N) is 2. The normalized spacial score (nSPS) is 11.7. The van der Waals surface area contributed by atoms with Crippen molar-refractivity contribution in [1.29, 1.82) is 0 Å². The van der Waals surface area contributed by atoms with E-state index in [9.17, 15) is 26.4 Å². The minimum absolute atomic E-state index is 0.0599. The highest BCUT2D eigenvalue weighted by Crippen LogP contribution is 2.28. The van der Waals surface area contributed by atoms with Crippen LogP contribution in [-0.4, -0.2) is 25.2 Å². The fourth-order valence-electron chi connectivity index (χ4n) is 3.17. The number of benzene rings is 3. The third-order valence-electron chi connectivity index (χ3n) is 4.68. The van der Waals surface area contributed by atoms with Crippen molar-refractivity contribution in [2.24, 2.45) is 0 Å². The number of hydrogen-bond donors (Lipinski definition) is 1. The Morgan fingerprint density at radius 2 is 1.61 bits per heavy atom. The second-order valence-electron chi connectivity index (χ2n) is 6.59. The highest BCUT2D eigenvalue weighted by Gasteiger charge is 2.19. The molecule has 1 heterocycles. The Kier molecular flexibility index (Phi) is 5.11. The summed E-state index contributed by atoms with van der Waals surface area (Å²) in [6.45, 7) is 0. The molecule has 1 aromatic heterocycles. The maximum atomic E-state index is 14.4. The molecule has 0 spiro atoms. The first-order valence-electron chi connectivity index (χ1n) is 8.93. The Labute approximate surface area is 174 Å². The molecule has 6 nitrogen and oxygen atoms in total. The van der Waals surface area contributed by atoms with Crippen molar-refractivity contribution in [3.63, 3.8) is 0 Å². The Bertz CT molecular complexity index is 1500. The Morgan fingerprint density at radius 3 is 2.32 bits per heavy atom. The maximum Gasteiger partial charge on any atom is 0.279 e. The van der Waals surface area contributed by atoms with Crippen molar-refractivity contribution in [2.75, 3.05) is 7.05 Å². The monoisotopic (exact) mass is 445 g/mol. The van der Waals surface area contributed by atoms with Crippen LogP contribution in [0.15, 0.2) is 70.4 Å². The number of nitrogens with one attached hydrogen (secondary N) is 1. The van der Waals surface area contributed by atoms with E-state index in [-0.39, 0.29) is 27.0 Å². The average molecular weight is 445 g/mol. The van der Waals surface area contributed by atoms with Gasteiger partial charge in [0.25, 0.3) is 5.56 Å². The van der Waals surface area contributed by atoms with Gasteiger partial charge in [-0.15, -0.1) is 0 Å². The van der Waals surface area contributed by atoms with Gasteiger partial charge < -0.3 is 0 Å². The first-order valence-corrected chi connectivity index (χ1v) is 10.4. The fraction of sp³-hybridized carbons (Fsp3) is 0.0476. The first kappa shape index (κ1) is 20.8. The van der Waals surface area contributed by atoms with E-state index in [1.807, 2.05) is 0 Å². The molecule has 4 aromatic rings. The number of fused-ring (bicyclic) bond motifs is 1. The summed E-state index contributed by atoms with van der Waals surface area (Å²) in [6, 6.07) is 11.8. The van der Waals surface area contributed by atoms with Gasteiger partial charge in [-0.25, -0.2) is 26.3 Å². The van der Waals surface area contributed by atoms with Crippen LogP contribution >= 0.6 is 0 Å². The molecule has 4 rings (SSSR count). The highest BCUT2D eigenvalue weighted by molar-refractivity contribution is 7.89. The van der Waals surface area contributed by atoms with Gasteiger partial charge in [0.15, 0.2) is 5.82 Å². The molecular formula is C21H14F3N3O3S. The minimum atomic E-state index is -3.78. The predicted molar refractivity (Wildman–Crippen MR) is 109 cm³/mol. The van der Waals surface area contributed by atoms with Crippen molar-refractivity contribution < 1.29 is 21.6 Å². The summed E-state index contributed by atoms with van der Waals surface area (Å²) in [7, 11) is -2.52. The summed E-state index contributed by atoms with van der Waals surface area (Å²) in [6.07, 6.45) is 0. The van der Waals surface area contributed by atoms with Crippen molar-refractivity contribution in [3.05, 3.63) is 88.5 Å². The topological polar surface area (TPSA) is 81.1 Å². The number of rotatable bonds is 4. The summed E-state index contributed by atoms with van der Waals surface area (Å²) in [5.41, 5.74) is -0.740. The van der Waals surface area contributed by atoms with Gasteiger partial charge in [0, 0.05) is 17.0 Å². The van der Waals surface area contributed by atoms with Crippen LogP contribution in [0, 0.1) is 17.5 Å². The molecule has 0 saturated carbocycles. The van der Waals surface area contributed by atoms with Crippen LogP contribution in [-0.2, 0) is 10.0 Å². The van der Waals surface area contributed by atoms with Crippen LogP contribution in [0.2, 0.25) is 0 Å². The van der Waals surface area contributed by atoms with Crippen molar-refractivity contribution in [1.82, 2.24) is 14.5 Å². The van der Waals surface area contributed by atoms with Gasteiger partial charge in [0.05, 0.1) is 16.0 Å². The molecule has 0 atom stereocenters. The Hall–Kier alpha value is -3.50. The molecule has 0 saturated heterocycles. The summed E-state index contributed by atoms with van der Waals surface area (Å²) < 4.78 is 68.9. The molecule has 0 aliphatic rings. The molecular weight excluding hydrogens is 431 g/mol. The lowest BCUT2D eigenvalue weighted by Gasteiger charge is -2.13. The molecule has 0 aliphatic carbocycles. The van der Waals surface area contributed by atoms with E-state index in [0.717, 1.165) is 24.3 Å². The molecule has 0 aliphatic heterocycles. The molecule has 0 amide bonds. The number of halogens is 3. The zero-order chi connectivity index (χ0) is 22.3. The standard InChI is InChI=1S/C21H14F3N3O3S/c1-25-31(29,30)15-4-2-3-12(9-15)20-16-7-5-13(22)10-17(16)21(28)27(26-20)19-8-6-14(23)11-18(19)24/h2-11,25H,1H3. The first-order chi connectivity index (χ1) is 14.7. The zero-order valence-corrected chi connectivity index (χ0v) is 16.8. The highest BCUT2D eigenvalue weighted by atomic mass is 32.2. The van der Waals surface area contributed by atoms with E-state index in [1.165, 1.54) is 31.3 Å². The molecule has 3 aromatic carbocycles. The molecule has 0 unspecified atom stereocenters. The lowest BCUT2D eigenvalue weighted by Crippen LogP contribution is -2.23. The molecule has 1 N–H and O–H groups in total. The van der Waals surface area contributed by atoms with E-state index in [4.69, 9.17) is 0 Å². The van der Waals surface area contributed by atoms with Crippen LogP contribution in [0.1, 0.15) is 0 Å². The van der Waals surface area contributed by atoms with E-state index in [2.05, 4.69) is 9.82 Å². The average Bonchev–Trinajstić information content (AvgIpc) is 2.75. The largest absolute Gasteiger partial charge is 0.279 e. The number of sulfonamides is 1. The summed E-state index contributed by atoms with van der Waals surface area (Å²) in [5, 5.41) is 4.35. The fourth-order valence-corrected chi connectivity index (χ4v) is 3.95. The van der Waals surface area contributed by atoms with Crippen molar-refractivity contribution in [3.8, 4) is 16.9 Å². The van der Waals surface area contributed by atoms with Crippen LogP contribution in [0.25, 0.3) is 27.7 Å². The van der Waals surface area contributed by atoms with Gasteiger partial charge in [-0.1, -0.05) is 12.1 Å². The zero-order valence-electron chi connectivity index (χ0n) is 15.9. The van der Waals surface area contributed by atoms with Gasteiger partial charge in [0.2, 0.25) is 10.0 Å². The van der Waals surface area contributed by atoms with E-state index in [0.29, 0.717) is 16.3 Å². The van der Waals surface area contributed by atoms with Gasteiger partial charge in [-0.05, 0) is 49.5 Å². The van der Waals surface area contributed by atoms with Gasteiger partial charge in [0.1, 0.15) is 17.3 Å². The number of aromatic nitrogens is 2. The molecule has 31 heavy (non-hydrogen) atoms. The van der Waals surface area contributed by atoms with E-state index < -0.39 is 33.0 Å². The quantitative estimate of drug-likeness (QED) is 0.522. The maximum absolute atomic E-state index is 14.4. The lowest BCUT2D eigenvalue weighted by atomic mass is 10.0. The molecule has 10 heteroatoms. The SMILES string of the molecule is CNS(=O)(=O)c1cccc(-c2nn(-c3ccc(F)cc3F)c(=O)c3cc(F)ccc23)c1. The third-order valence-corrected chi connectivity index (χ3v) is 6.10. The van der Waals surface area contributed by atoms with Crippen LogP contribution in [0.3, 0.4) is 0 Å². The smallest absolute Gasteiger partial charge is 0.267 e. The molecule has 0 bridgehead atoms.